The van der Waals surface area contributed by atoms with Crippen LogP contribution in [-0.2, 0) is 6.42 Å². The van der Waals surface area contributed by atoms with Gasteiger partial charge in [0.1, 0.15) is 0 Å². The molecule has 25 heavy (non-hydrogen) atoms. The van der Waals surface area contributed by atoms with E-state index in [9.17, 15) is 0 Å². The summed E-state index contributed by atoms with van der Waals surface area (Å²) in [7, 11) is 0. The van der Waals surface area contributed by atoms with E-state index in [1.54, 1.807) is 10.4 Å². The van der Waals surface area contributed by atoms with Crippen LogP contribution in [-0.4, -0.2) is 0 Å². The molecule has 1 rings (SSSR count). The fraction of sp³-hybridized carbons (Fsp3) is 0.833. The molecule has 0 aliphatic heterocycles. The van der Waals surface area contributed by atoms with Crippen LogP contribution in [0.15, 0.2) is 6.07 Å². The third kappa shape index (κ3) is 12.7. The van der Waals surface area contributed by atoms with Crippen LogP contribution in [0.25, 0.3) is 0 Å². The molecule has 0 saturated heterocycles. The number of rotatable bonds is 17. The maximum absolute atomic E-state index is 2.39. The predicted octanol–water partition coefficient (Wildman–Crippen LogP) is 9.17. The lowest BCUT2D eigenvalue weighted by atomic mass is 10.0. The van der Waals surface area contributed by atoms with E-state index in [0.717, 1.165) is 0 Å². The number of thiophene rings is 1. The van der Waals surface area contributed by atoms with Gasteiger partial charge in [0.2, 0.25) is 0 Å². The Labute approximate surface area is 162 Å². The molecular formula is C24H44S. The Morgan fingerprint density at radius 1 is 0.600 bits per heavy atom. The van der Waals surface area contributed by atoms with Gasteiger partial charge >= 0.3 is 0 Å². The Kier molecular flexibility index (Phi) is 14.5. The van der Waals surface area contributed by atoms with Crippen molar-refractivity contribution in [2.45, 2.75) is 130 Å². The Morgan fingerprint density at radius 2 is 1.00 bits per heavy atom. The van der Waals surface area contributed by atoms with Crippen LogP contribution < -0.4 is 0 Å². The van der Waals surface area contributed by atoms with Gasteiger partial charge in [-0.25, -0.2) is 0 Å². The van der Waals surface area contributed by atoms with Crippen LogP contribution in [0.5, 0.6) is 0 Å². The summed E-state index contributed by atoms with van der Waals surface area (Å²) in [6.45, 7) is 6.81. The van der Waals surface area contributed by atoms with Crippen LogP contribution in [0, 0.1) is 13.8 Å². The molecule has 0 N–H and O–H groups in total. The van der Waals surface area contributed by atoms with Crippen molar-refractivity contribution in [1.82, 2.24) is 0 Å². The summed E-state index contributed by atoms with van der Waals surface area (Å²) in [5.41, 5.74) is 1.60. The monoisotopic (exact) mass is 364 g/mol. The summed E-state index contributed by atoms with van der Waals surface area (Å²) in [5.74, 6) is 0. The molecule has 0 spiro atoms. The van der Waals surface area contributed by atoms with Crippen molar-refractivity contribution in [3.63, 3.8) is 0 Å². The first kappa shape index (κ1) is 22.7. The Bertz CT molecular complexity index is 404. The summed E-state index contributed by atoms with van der Waals surface area (Å²) in [6, 6.07) is 2.39. The lowest BCUT2D eigenvalue weighted by Gasteiger charge is -2.04. The van der Waals surface area contributed by atoms with E-state index in [0.29, 0.717) is 0 Å². The normalized spacial score (nSPS) is 11.3. The molecule has 1 heteroatoms. The van der Waals surface area contributed by atoms with Crippen molar-refractivity contribution in [2.24, 2.45) is 0 Å². The van der Waals surface area contributed by atoms with Crippen molar-refractivity contribution in [1.29, 1.82) is 0 Å². The zero-order valence-electron chi connectivity index (χ0n) is 17.5. The van der Waals surface area contributed by atoms with Crippen LogP contribution in [0.1, 0.15) is 125 Å². The SMILES string of the molecule is CCCCCCCCCCCCCCCCCCc1cc(C)sc1C. The quantitative estimate of drug-likeness (QED) is 0.242. The number of hydrogen-bond donors (Lipinski definition) is 0. The van der Waals surface area contributed by atoms with Gasteiger partial charge in [-0.3, -0.25) is 0 Å². The molecule has 0 fully saturated rings. The second kappa shape index (κ2) is 15.9. The largest absolute Gasteiger partial charge is 0.146 e. The molecule has 0 atom stereocenters. The van der Waals surface area contributed by atoms with Gasteiger partial charge in [0.15, 0.2) is 0 Å². The number of hydrogen-bond acceptors (Lipinski definition) is 1. The second-order valence-corrected chi connectivity index (χ2v) is 9.45. The van der Waals surface area contributed by atoms with Crippen LogP contribution in [0.2, 0.25) is 0 Å². The van der Waals surface area contributed by atoms with Crippen LogP contribution in [0.4, 0.5) is 0 Å². The highest BCUT2D eigenvalue weighted by Gasteiger charge is 2.02. The maximum Gasteiger partial charge on any atom is 0.00490 e. The van der Waals surface area contributed by atoms with E-state index in [1.807, 2.05) is 11.3 Å². The molecule has 1 aromatic rings. The Morgan fingerprint density at radius 3 is 1.36 bits per heavy atom. The minimum Gasteiger partial charge on any atom is -0.146 e. The highest BCUT2D eigenvalue weighted by atomic mass is 32.1. The van der Waals surface area contributed by atoms with Gasteiger partial charge in [0.05, 0.1) is 0 Å². The van der Waals surface area contributed by atoms with Gasteiger partial charge in [-0.15, -0.1) is 11.3 Å². The zero-order valence-corrected chi connectivity index (χ0v) is 18.3. The van der Waals surface area contributed by atoms with E-state index in [4.69, 9.17) is 0 Å². The Balaban J connectivity index is 1.75. The molecule has 0 radical (unpaired) electrons. The molecule has 0 nitrogen and oxygen atoms in total. The summed E-state index contributed by atoms with van der Waals surface area (Å²) in [6.07, 6.45) is 24.6. The summed E-state index contributed by atoms with van der Waals surface area (Å²) in [5, 5.41) is 0. The van der Waals surface area contributed by atoms with Crippen molar-refractivity contribution in [2.75, 3.05) is 0 Å². The molecule has 1 aromatic heterocycles. The number of aryl methyl sites for hydroxylation is 3. The fourth-order valence-electron chi connectivity index (χ4n) is 3.80. The zero-order chi connectivity index (χ0) is 18.2. The topological polar surface area (TPSA) is 0 Å². The van der Waals surface area contributed by atoms with Crippen LogP contribution in [0.3, 0.4) is 0 Å². The standard InChI is InChI=1S/C24H44S/c1-4-5-6-7-8-9-10-11-12-13-14-15-16-17-18-19-20-24-21-22(2)25-23(24)3/h21H,4-20H2,1-3H3. The highest BCUT2D eigenvalue weighted by molar-refractivity contribution is 7.12. The van der Waals surface area contributed by atoms with Gasteiger partial charge in [-0.1, -0.05) is 103 Å². The third-order valence-corrected chi connectivity index (χ3v) is 6.45. The van der Waals surface area contributed by atoms with Gasteiger partial charge < -0.3 is 0 Å². The molecular weight excluding hydrogens is 320 g/mol. The van der Waals surface area contributed by atoms with Gasteiger partial charge in [0.25, 0.3) is 0 Å². The smallest absolute Gasteiger partial charge is 0.00490 e. The fourth-order valence-corrected chi connectivity index (χ4v) is 4.77. The molecule has 146 valence electrons. The van der Waals surface area contributed by atoms with E-state index in [2.05, 4.69) is 26.8 Å². The van der Waals surface area contributed by atoms with Crippen molar-refractivity contribution >= 4 is 11.3 Å². The van der Waals surface area contributed by atoms with E-state index < -0.39 is 0 Å². The maximum atomic E-state index is 2.39. The van der Waals surface area contributed by atoms with Crippen molar-refractivity contribution < 1.29 is 0 Å². The first-order valence-corrected chi connectivity index (χ1v) is 12.1. The molecule has 0 aliphatic rings. The molecule has 0 saturated carbocycles. The minimum atomic E-state index is 1.30. The first-order chi connectivity index (χ1) is 12.2. The first-order valence-electron chi connectivity index (χ1n) is 11.3. The average Bonchev–Trinajstić information content (AvgIpc) is 2.92. The number of unbranched alkanes of at least 4 members (excludes halogenated alkanes) is 15. The third-order valence-electron chi connectivity index (χ3n) is 5.44. The van der Waals surface area contributed by atoms with Crippen molar-refractivity contribution in [3.05, 3.63) is 21.4 Å². The lowest BCUT2D eigenvalue weighted by Crippen LogP contribution is -1.86. The minimum absolute atomic E-state index is 1.30. The predicted molar refractivity (Wildman–Crippen MR) is 117 cm³/mol. The average molecular weight is 365 g/mol. The second-order valence-electron chi connectivity index (χ2n) is 7.99. The summed E-state index contributed by atoms with van der Waals surface area (Å²) < 4.78 is 0. The summed E-state index contributed by atoms with van der Waals surface area (Å²) >= 11 is 1.96. The molecule has 0 unspecified atom stereocenters. The molecule has 0 aliphatic carbocycles. The van der Waals surface area contributed by atoms with E-state index >= 15 is 0 Å². The molecule has 0 aromatic carbocycles. The van der Waals surface area contributed by atoms with Crippen LogP contribution >= 0.6 is 11.3 Å². The molecule has 1 heterocycles. The lowest BCUT2D eigenvalue weighted by molar-refractivity contribution is 0.529. The van der Waals surface area contributed by atoms with Crippen molar-refractivity contribution in [3.8, 4) is 0 Å². The highest BCUT2D eigenvalue weighted by Crippen LogP contribution is 2.22. The summed E-state index contributed by atoms with van der Waals surface area (Å²) in [4.78, 5) is 3.02. The molecule has 0 amide bonds. The van der Waals surface area contributed by atoms with Gasteiger partial charge in [0, 0.05) is 9.75 Å². The van der Waals surface area contributed by atoms with E-state index in [1.165, 1.54) is 114 Å². The van der Waals surface area contributed by atoms with Gasteiger partial charge in [-0.2, -0.15) is 0 Å². The molecule has 0 bridgehead atoms. The van der Waals surface area contributed by atoms with E-state index in [-0.39, 0.29) is 0 Å². The Hall–Kier alpha value is -0.300. The van der Waals surface area contributed by atoms with Gasteiger partial charge in [-0.05, 0) is 38.3 Å².